The fourth-order valence-corrected chi connectivity index (χ4v) is 7.18. The maximum atomic E-state index is 4.68. The molecule has 1 aromatic heterocycles. The number of aryl methyl sites for hydroxylation is 4. The van der Waals surface area contributed by atoms with Gasteiger partial charge in [0.05, 0.1) is 17.9 Å². The van der Waals surface area contributed by atoms with Gasteiger partial charge in [0, 0.05) is 17.3 Å². The average Bonchev–Trinajstić information content (AvgIpc) is 3.28. The number of rotatable bonds is 6. The van der Waals surface area contributed by atoms with Crippen LogP contribution in [0.15, 0.2) is 109 Å². The summed E-state index contributed by atoms with van der Waals surface area (Å²) < 4.78 is 0. The van der Waals surface area contributed by atoms with Gasteiger partial charge >= 0.3 is 0 Å². The topological polar surface area (TPSA) is 24.9 Å². The van der Waals surface area contributed by atoms with Crippen LogP contribution < -0.4 is 5.32 Å². The third-order valence-corrected chi connectivity index (χ3v) is 9.05. The van der Waals surface area contributed by atoms with Crippen LogP contribution >= 0.6 is 0 Å². The monoisotopic (exact) mass is 596 g/mol. The summed E-state index contributed by atoms with van der Waals surface area (Å²) >= 11 is 0. The number of aromatic nitrogens is 1. The standard InChI is InChI=1S/C44H40N2/c1-28-19-29(2)22-35(21-28)40-25-33-13-7-6-8-16-38(33)42(32(40)5)43-39-17-10-9-14-34(39)26-41(36-23-30(3)20-31(4)24-36)44(43)46-27-37-15-11-12-18-45-37/h7-26,46H,6,27H2,1-5H3. The first-order chi connectivity index (χ1) is 22.4. The number of allylic oxidation sites excluding steroid dienone is 2. The van der Waals surface area contributed by atoms with Crippen molar-refractivity contribution < 1.29 is 0 Å². The van der Waals surface area contributed by atoms with Gasteiger partial charge in [-0.3, -0.25) is 4.98 Å². The molecular formula is C44H40N2. The van der Waals surface area contributed by atoms with Crippen LogP contribution in [0, 0.1) is 34.6 Å². The van der Waals surface area contributed by atoms with E-state index in [-0.39, 0.29) is 0 Å². The molecule has 6 aromatic rings. The van der Waals surface area contributed by atoms with Gasteiger partial charge in [-0.15, -0.1) is 0 Å². The van der Waals surface area contributed by atoms with Crippen molar-refractivity contribution in [1.29, 1.82) is 0 Å². The Hall–Kier alpha value is -5.21. The second kappa shape index (κ2) is 12.3. The lowest BCUT2D eigenvalue weighted by atomic mass is 9.81. The van der Waals surface area contributed by atoms with E-state index in [9.17, 15) is 0 Å². The van der Waals surface area contributed by atoms with Gasteiger partial charge < -0.3 is 5.32 Å². The minimum Gasteiger partial charge on any atom is -0.378 e. The summed E-state index contributed by atoms with van der Waals surface area (Å²) in [5.41, 5.74) is 18.5. The highest BCUT2D eigenvalue weighted by Crippen LogP contribution is 2.48. The molecule has 2 nitrogen and oxygen atoms in total. The first-order valence-electron chi connectivity index (χ1n) is 16.2. The molecule has 0 aliphatic heterocycles. The summed E-state index contributed by atoms with van der Waals surface area (Å²) in [6.45, 7) is 11.7. The summed E-state index contributed by atoms with van der Waals surface area (Å²) in [6, 6.07) is 33.5. The van der Waals surface area contributed by atoms with E-state index < -0.39 is 0 Å². The van der Waals surface area contributed by atoms with Crippen molar-refractivity contribution >= 4 is 28.6 Å². The molecule has 1 aliphatic rings. The van der Waals surface area contributed by atoms with Gasteiger partial charge in [-0.25, -0.2) is 0 Å². The molecule has 46 heavy (non-hydrogen) atoms. The predicted molar refractivity (Wildman–Crippen MR) is 198 cm³/mol. The summed E-state index contributed by atoms with van der Waals surface area (Å²) in [7, 11) is 0. The van der Waals surface area contributed by atoms with Crippen molar-refractivity contribution in [1.82, 2.24) is 4.98 Å². The van der Waals surface area contributed by atoms with E-state index in [0.717, 1.165) is 17.8 Å². The van der Waals surface area contributed by atoms with E-state index in [1.54, 1.807) is 0 Å². The third-order valence-electron chi connectivity index (χ3n) is 9.05. The van der Waals surface area contributed by atoms with Gasteiger partial charge in [0.1, 0.15) is 0 Å². The largest absolute Gasteiger partial charge is 0.378 e. The van der Waals surface area contributed by atoms with Crippen LogP contribution in [0.3, 0.4) is 0 Å². The van der Waals surface area contributed by atoms with E-state index in [4.69, 9.17) is 0 Å². The fraction of sp³-hybridized carbons (Fsp3) is 0.159. The van der Waals surface area contributed by atoms with Crippen molar-refractivity contribution in [2.45, 2.75) is 47.6 Å². The third kappa shape index (κ3) is 5.68. The number of hydrogen-bond acceptors (Lipinski definition) is 2. The molecule has 5 aromatic carbocycles. The number of pyridine rings is 1. The molecule has 0 bridgehead atoms. The number of hydrogen-bond donors (Lipinski definition) is 1. The Morgan fingerprint density at radius 2 is 1.28 bits per heavy atom. The van der Waals surface area contributed by atoms with Crippen molar-refractivity contribution in [2.75, 3.05) is 5.32 Å². The van der Waals surface area contributed by atoms with Crippen LogP contribution in [0.4, 0.5) is 5.69 Å². The molecule has 0 saturated heterocycles. The van der Waals surface area contributed by atoms with E-state index in [1.165, 1.54) is 83.1 Å². The van der Waals surface area contributed by atoms with Crippen molar-refractivity contribution in [2.24, 2.45) is 0 Å². The maximum absolute atomic E-state index is 4.68. The fourth-order valence-electron chi connectivity index (χ4n) is 7.18. The maximum Gasteiger partial charge on any atom is 0.0594 e. The van der Waals surface area contributed by atoms with E-state index in [2.05, 4.69) is 154 Å². The molecule has 0 atom stereocenters. The van der Waals surface area contributed by atoms with Crippen molar-refractivity contribution in [3.8, 4) is 33.4 Å². The number of fused-ring (bicyclic) bond motifs is 2. The molecule has 0 spiro atoms. The lowest BCUT2D eigenvalue weighted by Gasteiger charge is -2.25. The van der Waals surface area contributed by atoms with Gasteiger partial charge in [-0.1, -0.05) is 113 Å². The lowest BCUT2D eigenvalue weighted by Crippen LogP contribution is -2.07. The molecule has 1 N–H and O–H groups in total. The Morgan fingerprint density at radius 1 is 0.630 bits per heavy atom. The molecule has 7 rings (SSSR count). The van der Waals surface area contributed by atoms with Crippen LogP contribution in [0.2, 0.25) is 0 Å². The smallest absolute Gasteiger partial charge is 0.0594 e. The van der Waals surface area contributed by atoms with Gasteiger partial charge in [0.25, 0.3) is 0 Å². The first kappa shape index (κ1) is 29.5. The number of nitrogens with zero attached hydrogens (tertiary/aromatic N) is 1. The van der Waals surface area contributed by atoms with E-state index >= 15 is 0 Å². The Balaban J connectivity index is 1.61. The minimum atomic E-state index is 0.623. The summed E-state index contributed by atoms with van der Waals surface area (Å²) in [5, 5.41) is 6.42. The van der Waals surface area contributed by atoms with Crippen LogP contribution in [-0.2, 0) is 6.54 Å². The SMILES string of the molecule is Cc1cc(C)cc(-c2cc3c(c(-c4c(NCc5ccccn5)c(-c5cc(C)cc(C)c5)cc5ccccc45)c2C)C=CCC=C3)c1. The van der Waals surface area contributed by atoms with Crippen LogP contribution in [0.25, 0.3) is 56.3 Å². The first-order valence-corrected chi connectivity index (χ1v) is 16.2. The number of anilines is 1. The van der Waals surface area contributed by atoms with Crippen LogP contribution in [0.5, 0.6) is 0 Å². The molecule has 0 radical (unpaired) electrons. The lowest BCUT2D eigenvalue weighted by molar-refractivity contribution is 1.05. The molecular weight excluding hydrogens is 556 g/mol. The average molecular weight is 597 g/mol. The Morgan fingerprint density at radius 3 is 1.98 bits per heavy atom. The second-order valence-electron chi connectivity index (χ2n) is 12.8. The Labute approximate surface area is 273 Å². The zero-order valence-electron chi connectivity index (χ0n) is 27.4. The van der Waals surface area contributed by atoms with Gasteiger partial charge in [-0.05, 0) is 115 Å². The summed E-state index contributed by atoms with van der Waals surface area (Å²) in [4.78, 5) is 4.68. The predicted octanol–water partition coefficient (Wildman–Crippen LogP) is 11.8. The zero-order chi connectivity index (χ0) is 31.8. The van der Waals surface area contributed by atoms with Gasteiger partial charge in [0.2, 0.25) is 0 Å². The number of benzene rings is 5. The highest BCUT2D eigenvalue weighted by Gasteiger charge is 2.24. The molecule has 0 saturated carbocycles. The van der Waals surface area contributed by atoms with Crippen LogP contribution in [-0.4, -0.2) is 4.98 Å². The molecule has 0 amide bonds. The molecule has 226 valence electrons. The summed E-state index contributed by atoms with van der Waals surface area (Å²) in [5.74, 6) is 0. The van der Waals surface area contributed by atoms with E-state index in [0.29, 0.717) is 6.54 Å². The van der Waals surface area contributed by atoms with E-state index in [1.807, 2.05) is 12.3 Å². The van der Waals surface area contributed by atoms with Crippen molar-refractivity contribution in [3.63, 3.8) is 0 Å². The molecule has 2 heteroatoms. The molecule has 1 heterocycles. The highest BCUT2D eigenvalue weighted by molar-refractivity contribution is 6.11. The Kier molecular flexibility index (Phi) is 7.88. The van der Waals surface area contributed by atoms with Gasteiger partial charge in [0.15, 0.2) is 0 Å². The second-order valence-corrected chi connectivity index (χ2v) is 12.8. The molecule has 0 fully saturated rings. The molecule has 0 unspecified atom stereocenters. The van der Waals surface area contributed by atoms with Crippen LogP contribution in [0.1, 0.15) is 51.1 Å². The summed E-state index contributed by atoms with van der Waals surface area (Å²) in [6.07, 6.45) is 12.0. The van der Waals surface area contributed by atoms with Crippen molar-refractivity contribution in [3.05, 3.63) is 154 Å². The Bertz CT molecular complexity index is 2130. The normalized spacial score (nSPS) is 12.3. The molecule has 1 aliphatic carbocycles. The number of nitrogens with one attached hydrogen (secondary N) is 1. The van der Waals surface area contributed by atoms with Gasteiger partial charge in [-0.2, -0.15) is 0 Å². The quantitative estimate of drug-likeness (QED) is 0.207. The highest BCUT2D eigenvalue weighted by atomic mass is 14.9. The zero-order valence-corrected chi connectivity index (χ0v) is 27.4. The minimum absolute atomic E-state index is 0.623.